The summed E-state index contributed by atoms with van der Waals surface area (Å²) in [6, 6.07) is 7.59. The van der Waals surface area contributed by atoms with Crippen molar-refractivity contribution in [3.05, 3.63) is 59.3 Å². The molecule has 1 fully saturated rings. The maximum Gasteiger partial charge on any atom is 0.235 e. The summed E-state index contributed by atoms with van der Waals surface area (Å²) >= 11 is 0. The van der Waals surface area contributed by atoms with E-state index in [2.05, 4.69) is 30.7 Å². The summed E-state index contributed by atoms with van der Waals surface area (Å²) < 4.78 is 30.1. The van der Waals surface area contributed by atoms with Crippen molar-refractivity contribution in [3.8, 4) is 11.5 Å². The molecule has 3 N–H and O–H groups in total. The van der Waals surface area contributed by atoms with E-state index < -0.39 is 22.7 Å². The van der Waals surface area contributed by atoms with Crippen molar-refractivity contribution in [2.45, 2.75) is 44.2 Å². The van der Waals surface area contributed by atoms with Crippen LogP contribution in [0.3, 0.4) is 0 Å². The van der Waals surface area contributed by atoms with Crippen molar-refractivity contribution in [1.29, 1.82) is 0 Å². The smallest absolute Gasteiger partial charge is 0.235 e. The summed E-state index contributed by atoms with van der Waals surface area (Å²) in [6.07, 6.45) is 2.43. The van der Waals surface area contributed by atoms with E-state index in [1.165, 1.54) is 16.8 Å². The molecule has 3 aromatic heterocycles. The van der Waals surface area contributed by atoms with Gasteiger partial charge in [-0.25, -0.2) is 28.4 Å². The van der Waals surface area contributed by atoms with E-state index in [-0.39, 0.29) is 30.5 Å². The van der Waals surface area contributed by atoms with Gasteiger partial charge in [0.2, 0.25) is 5.91 Å². The number of amides is 1. The van der Waals surface area contributed by atoms with E-state index in [0.29, 0.717) is 46.6 Å². The summed E-state index contributed by atoms with van der Waals surface area (Å²) in [7, 11) is 0. The van der Waals surface area contributed by atoms with Gasteiger partial charge in [0.25, 0.3) is 0 Å². The fourth-order valence-corrected chi connectivity index (χ4v) is 4.42. The highest BCUT2D eigenvalue weighted by Gasteiger charge is 2.45. The zero-order chi connectivity index (χ0) is 25.2. The van der Waals surface area contributed by atoms with Gasteiger partial charge in [-0.15, -0.1) is 0 Å². The third-order valence-electron chi connectivity index (χ3n) is 6.79. The zero-order valence-corrected chi connectivity index (χ0v) is 19.6. The Morgan fingerprint density at radius 3 is 2.72 bits per heavy atom. The molecule has 1 saturated carbocycles. The minimum atomic E-state index is -0.901. The lowest BCUT2D eigenvalue weighted by Crippen LogP contribution is -2.29. The van der Waals surface area contributed by atoms with Gasteiger partial charge < -0.3 is 15.7 Å². The molecule has 0 radical (unpaired) electrons. The number of fused-ring (bicyclic) bond motifs is 2. The number of rotatable bonds is 6. The molecule has 9 nitrogen and oxygen atoms in total. The molecule has 0 spiro atoms. The van der Waals surface area contributed by atoms with E-state index in [0.717, 1.165) is 6.20 Å². The summed E-state index contributed by atoms with van der Waals surface area (Å²) in [5.41, 5.74) is -0.154. The second kappa shape index (κ2) is 7.76. The molecular formula is C25H23F2N7O2. The molecular weight excluding hydrogens is 468 g/mol. The van der Waals surface area contributed by atoms with E-state index in [1.54, 1.807) is 32.0 Å². The third kappa shape index (κ3) is 3.67. The van der Waals surface area contributed by atoms with Gasteiger partial charge in [-0.3, -0.25) is 4.79 Å². The van der Waals surface area contributed by atoms with Crippen LogP contribution < -0.4 is 10.6 Å². The minimum Gasteiger partial charge on any atom is -0.388 e. The van der Waals surface area contributed by atoms with Crippen LogP contribution in [0.5, 0.6) is 0 Å². The van der Waals surface area contributed by atoms with Crippen LogP contribution in [0, 0.1) is 11.6 Å². The number of anilines is 2. The predicted octanol–water partition coefficient (Wildman–Crippen LogP) is 3.38. The average Bonchev–Trinajstić information content (AvgIpc) is 3.40. The average molecular weight is 492 g/mol. The van der Waals surface area contributed by atoms with Crippen LogP contribution in [-0.2, 0) is 16.8 Å². The number of aromatic nitrogens is 5. The predicted molar refractivity (Wildman–Crippen MR) is 128 cm³/mol. The van der Waals surface area contributed by atoms with Gasteiger partial charge in [0, 0.05) is 12.1 Å². The molecule has 2 aliphatic rings. The van der Waals surface area contributed by atoms with Gasteiger partial charge in [-0.2, -0.15) is 5.10 Å². The lowest BCUT2D eigenvalue weighted by molar-refractivity contribution is -0.119. The molecule has 1 aromatic carbocycles. The van der Waals surface area contributed by atoms with Crippen LogP contribution >= 0.6 is 0 Å². The molecule has 0 atom stereocenters. The second-order valence-corrected chi connectivity index (χ2v) is 9.90. The lowest BCUT2D eigenvalue weighted by Gasteiger charge is -2.20. The third-order valence-corrected chi connectivity index (χ3v) is 6.79. The Balaban J connectivity index is 1.50. The standard InChI is InChI=1S/C25H23F2N7O2/c1-24(2)17-19(29-12-25(36)7-8-25)30-21(31-20(17)32-23(24)35)18-15-9-14(26)10-28-22(15)34(33-18)11-13-5-3-4-6-16(13)27/h3-6,9-10,36H,7-8,11-12H2,1-2H3,(H2,29,30,31,32,35). The Morgan fingerprint density at radius 1 is 1.19 bits per heavy atom. The highest BCUT2D eigenvalue weighted by Crippen LogP contribution is 2.43. The number of nitrogens with zero attached hydrogens (tertiary/aromatic N) is 5. The Morgan fingerprint density at radius 2 is 1.97 bits per heavy atom. The highest BCUT2D eigenvalue weighted by molar-refractivity contribution is 6.06. The first-order valence-electron chi connectivity index (χ1n) is 11.6. The molecule has 6 rings (SSSR count). The first-order chi connectivity index (χ1) is 17.1. The van der Waals surface area contributed by atoms with Gasteiger partial charge in [0.15, 0.2) is 11.5 Å². The van der Waals surface area contributed by atoms with E-state index in [9.17, 15) is 18.7 Å². The van der Waals surface area contributed by atoms with E-state index >= 15 is 0 Å². The SMILES string of the molecule is CC1(C)C(=O)Nc2nc(-c3nn(Cc4ccccc4F)c4ncc(F)cc34)nc(NCC3(O)CC3)c21. The monoisotopic (exact) mass is 491 g/mol. The molecule has 0 unspecified atom stereocenters. The molecule has 4 heterocycles. The summed E-state index contributed by atoms with van der Waals surface area (Å²) in [5, 5.41) is 21.3. The number of hydrogen-bond donors (Lipinski definition) is 3. The Hall–Kier alpha value is -3.99. The van der Waals surface area contributed by atoms with Gasteiger partial charge in [-0.05, 0) is 38.8 Å². The number of benzene rings is 1. The fourth-order valence-electron chi connectivity index (χ4n) is 4.42. The molecule has 184 valence electrons. The topological polar surface area (TPSA) is 118 Å². The van der Waals surface area contributed by atoms with Crippen LogP contribution in [0.4, 0.5) is 20.4 Å². The highest BCUT2D eigenvalue weighted by atomic mass is 19.1. The first-order valence-corrected chi connectivity index (χ1v) is 11.6. The minimum absolute atomic E-state index is 0.0641. The Kier molecular flexibility index (Phi) is 4.84. The number of pyridine rings is 1. The molecule has 0 bridgehead atoms. The molecule has 1 aliphatic heterocycles. The van der Waals surface area contributed by atoms with Crippen LogP contribution in [-0.4, -0.2) is 47.9 Å². The number of hydrogen-bond acceptors (Lipinski definition) is 7. The molecule has 11 heteroatoms. The maximum atomic E-state index is 14.4. The molecule has 1 amide bonds. The van der Waals surface area contributed by atoms with Crippen molar-refractivity contribution >= 4 is 28.6 Å². The quantitative estimate of drug-likeness (QED) is 0.378. The van der Waals surface area contributed by atoms with Crippen LogP contribution in [0.1, 0.15) is 37.8 Å². The molecule has 36 heavy (non-hydrogen) atoms. The first kappa shape index (κ1) is 22.5. The van der Waals surface area contributed by atoms with Crippen molar-refractivity contribution in [1.82, 2.24) is 24.7 Å². The fraction of sp³-hybridized carbons (Fsp3) is 0.320. The van der Waals surface area contributed by atoms with Crippen molar-refractivity contribution < 1.29 is 18.7 Å². The number of carbonyl (C=O) groups excluding carboxylic acids is 1. The van der Waals surface area contributed by atoms with Gasteiger partial charge >= 0.3 is 0 Å². The Labute approximate surface area is 204 Å². The van der Waals surface area contributed by atoms with Gasteiger partial charge in [0.05, 0.1) is 34.7 Å². The largest absolute Gasteiger partial charge is 0.388 e. The molecule has 0 saturated heterocycles. The van der Waals surface area contributed by atoms with E-state index in [4.69, 9.17) is 0 Å². The van der Waals surface area contributed by atoms with Crippen LogP contribution in [0.15, 0.2) is 36.5 Å². The summed E-state index contributed by atoms with van der Waals surface area (Å²) in [4.78, 5) is 26.1. The number of aliphatic hydroxyl groups is 1. The summed E-state index contributed by atoms with van der Waals surface area (Å²) in [6.45, 7) is 3.87. The number of nitrogens with one attached hydrogen (secondary N) is 2. The van der Waals surface area contributed by atoms with Gasteiger partial charge in [0.1, 0.15) is 29.0 Å². The number of halogens is 2. The van der Waals surface area contributed by atoms with Crippen molar-refractivity contribution in [3.63, 3.8) is 0 Å². The van der Waals surface area contributed by atoms with Crippen LogP contribution in [0.2, 0.25) is 0 Å². The lowest BCUT2D eigenvalue weighted by atomic mass is 9.87. The maximum absolute atomic E-state index is 14.4. The van der Waals surface area contributed by atoms with E-state index in [1.807, 2.05) is 0 Å². The zero-order valence-electron chi connectivity index (χ0n) is 19.6. The Bertz CT molecular complexity index is 1550. The molecule has 4 aromatic rings. The van der Waals surface area contributed by atoms with Crippen LogP contribution in [0.25, 0.3) is 22.6 Å². The normalized spacial score (nSPS) is 17.2. The molecule has 1 aliphatic carbocycles. The van der Waals surface area contributed by atoms with Crippen molar-refractivity contribution in [2.24, 2.45) is 0 Å². The number of carbonyl (C=O) groups is 1. The second-order valence-electron chi connectivity index (χ2n) is 9.90. The van der Waals surface area contributed by atoms with Gasteiger partial charge in [-0.1, -0.05) is 18.2 Å². The summed E-state index contributed by atoms with van der Waals surface area (Å²) in [5.74, 6) is -0.352. The van der Waals surface area contributed by atoms with Crippen molar-refractivity contribution in [2.75, 3.05) is 17.2 Å².